The average molecular weight is 325 g/mol. The summed E-state index contributed by atoms with van der Waals surface area (Å²) in [7, 11) is 0. The van der Waals surface area contributed by atoms with Crippen molar-refractivity contribution < 1.29 is 15.3 Å². The number of rotatable bonds is 12. The quantitative estimate of drug-likeness (QED) is 0.284. The summed E-state index contributed by atoms with van der Waals surface area (Å²) in [6.45, 7) is 2.24. The van der Waals surface area contributed by atoms with E-state index in [9.17, 15) is 5.11 Å². The lowest BCUT2D eigenvalue weighted by molar-refractivity contribution is -0.0460. The number of unbranched alkanes of at least 4 members (excludes halogenated alkanes) is 5. The maximum absolute atomic E-state index is 10.2. The molecule has 0 aliphatic heterocycles. The van der Waals surface area contributed by atoms with E-state index in [1.54, 1.807) is 0 Å². The maximum atomic E-state index is 10.2. The minimum Gasteiger partial charge on any atom is -0.393 e. The lowest BCUT2D eigenvalue weighted by Crippen LogP contribution is -2.17. The van der Waals surface area contributed by atoms with Gasteiger partial charge in [0.05, 0.1) is 6.10 Å². The second kappa shape index (κ2) is 12.7. The average Bonchev–Trinajstić information content (AvgIpc) is 2.86. The molecule has 1 saturated carbocycles. The summed E-state index contributed by atoms with van der Waals surface area (Å²) in [6.07, 6.45) is 19.0. The van der Waals surface area contributed by atoms with Crippen LogP contribution in [-0.2, 0) is 0 Å². The van der Waals surface area contributed by atoms with E-state index in [0.717, 1.165) is 32.1 Å². The Bertz CT molecular complexity index is 336. The van der Waals surface area contributed by atoms with Gasteiger partial charge in [0.1, 0.15) is 0 Å². The van der Waals surface area contributed by atoms with Gasteiger partial charge in [-0.1, -0.05) is 50.5 Å². The molecule has 0 bridgehead atoms. The van der Waals surface area contributed by atoms with Gasteiger partial charge in [-0.05, 0) is 63.2 Å². The molecule has 0 aromatic rings. The van der Waals surface area contributed by atoms with Crippen molar-refractivity contribution in [3.05, 3.63) is 24.3 Å². The Morgan fingerprint density at radius 3 is 2.48 bits per heavy atom. The molecule has 0 heterocycles. The summed E-state index contributed by atoms with van der Waals surface area (Å²) in [4.78, 5) is 0. The van der Waals surface area contributed by atoms with Gasteiger partial charge >= 0.3 is 0 Å². The normalized spacial score (nSPS) is 25.3. The molecule has 1 aliphatic carbocycles. The fraction of sp³-hybridized carbons (Fsp3) is 0.800. The van der Waals surface area contributed by atoms with Gasteiger partial charge in [0, 0.05) is 0 Å². The van der Waals surface area contributed by atoms with Gasteiger partial charge in [0.25, 0.3) is 0 Å². The third-order valence-corrected chi connectivity index (χ3v) is 4.86. The van der Waals surface area contributed by atoms with E-state index < -0.39 is 6.29 Å². The van der Waals surface area contributed by atoms with Crippen LogP contribution in [0.5, 0.6) is 0 Å². The van der Waals surface area contributed by atoms with E-state index in [0.29, 0.717) is 18.3 Å². The molecule has 1 rings (SSSR count). The zero-order valence-corrected chi connectivity index (χ0v) is 14.7. The molecule has 23 heavy (non-hydrogen) atoms. The van der Waals surface area contributed by atoms with Crippen LogP contribution in [-0.4, -0.2) is 27.7 Å². The molecule has 3 atom stereocenters. The highest BCUT2D eigenvalue weighted by Gasteiger charge is 2.32. The highest BCUT2D eigenvalue weighted by Crippen LogP contribution is 2.36. The lowest BCUT2D eigenvalue weighted by Gasteiger charge is -2.17. The monoisotopic (exact) mass is 324 g/mol. The van der Waals surface area contributed by atoms with Gasteiger partial charge in [-0.15, -0.1) is 0 Å². The molecule has 1 aliphatic rings. The van der Waals surface area contributed by atoms with Crippen LogP contribution in [0.2, 0.25) is 0 Å². The molecule has 3 heteroatoms. The van der Waals surface area contributed by atoms with Crippen LogP contribution in [0.3, 0.4) is 0 Å². The van der Waals surface area contributed by atoms with Crippen molar-refractivity contribution in [2.24, 2.45) is 11.8 Å². The van der Waals surface area contributed by atoms with Crippen LogP contribution in [0.1, 0.15) is 77.6 Å². The van der Waals surface area contributed by atoms with Crippen LogP contribution in [0.15, 0.2) is 24.3 Å². The van der Waals surface area contributed by atoms with E-state index >= 15 is 0 Å². The molecule has 0 aromatic heterocycles. The number of hydrogen-bond acceptors (Lipinski definition) is 3. The van der Waals surface area contributed by atoms with E-state index in [1.807, 2.05) is 0 Å². The molecule has 3 N–H and O–H groups in total. The van der Waals surface area contributed by atoms with E-state index in [1.165, 1.54) is 32.1 Å². The summed E-state index contributed by atoms with van der Waals surface area (Å²) in [5, 5.41) is 27.8. The Hall–Kier alpha value is -0.640. The molecule has 1 unspecified atom stereocenters. The van der Waals surface area contributed by atoms with Crippen LogP contribution >= 0.6 is 0 Å². The Morgan fingerprint density at radius 2 is 1.74 bits per heavy atom. The fourth-order valence-electron chi connectivity index (χ4n) is 3.40. The van der Waals surface area contributed by atoms with Gasteiger partial charge in [0.15, 0.2) is 6.29 Å². The third-order valence-electron chi connectivity index (χ3n) is 4.86. The summed E-state index contributed by atoms with van der Waals surface area (Å²) < 4.78 is 0. The first kappa shape index (κ1) is 20.4. The van der Waals surface area contributed by atoms with Crippen molar-refractivity contribution in [2.75, 3.05) is 0 Å². The summed E-state index contributed by atoms with van der Waals surface area (Å²) in [5.74, 6) is 0.863. The Labute approximate surface area is 142 Å². The first-order chi connectivity index (χ1) is 11.1. The number of aliphatic hydroxyl groups is 3. The number of aliphatic hydroxyl groups excluding tert-OH is 2. The largest absolute Gasteiger partial charge is 0.393 e. The van der Waals surface area contributed by atoms with Crippen LogP contribution in [0.25, 0.3) is 0 Å². The number of allylic oxidation sites excluding steroid dienone is 4. The van der Waals surface area contributed by atoms with Crippen molar-refractivity contribution >= 4 is 0 Å². The van der Waals surface area contributed by atoms with Crippen molar-refractivity contribution in [3.63, 3.8) is 0 Å². The SMILES string of the molecule is CCCCCC/C=C/C1CC[C@H](O)[C@@H]1C/C=C\CCCC(O)O. The van der Waals surface area contributed by atoms with Crippen molar-refractivity contribution in [2.45, 2.75) is 89.9 Å². The second-order valence-corrected chi connectivity index (χ2v) is 6.87. The van der Waals surface area contributed by atoms with E-state index in [4.69, 9.17) is 10.2 Å². The highest BCUT2D eigenvalue weighted by atomic mass is 16.5. The predicted octanol–water partition coefficient (Wildman–Crippen LogP) is 4.33. The van der Waals surface area contributed by atoms with Crippen molar-refractivity contribution in [3.8, 4) is 0 Å². The van der Waals surface area contributed by atoms with Crippen LogP contribution < -0.4 is 0 Å². The predicted molar refractivity (Wildman–Crippen MR) is 96.0 cm³/mol. The van der Waals surface area contributed by atoms with Gasteiger partial charge in [-0.3, -0.25) is 0 Å². The number of hydrogen-bond donors (Lipinski definition) is 3. The van der Waals surface area contributed by atoms with Crippen molar-refractivity contribution in [1.29, 1.82) is 0 Å². The smallest absolute Gasteiger partial charge is 0.151 e. The molecule has 0 radical (unpaired) electrons. The minimum absolute atomic E-state index is 0.173. The molecular formula is C20H36O3. The zero-order chi connectivity index (χ0) is 16.9. The van der Waals surface area contributed by atoms with Gasteiger partial charge < -0.3 is 15.3 Å². The fourth-order valence-corrected chi connectivity index (χ4v) is 3.40. The molecule has 0 amide bonds. The Balaban J connectivity index is 2.25. The van der Waals surface area contributed by atoms with E-state index in [-0.39, 0.29) is 6.10 Å². The third kappa shape index (κ3) is 9.29. The Kier molecular flexibility index (Phi) is 11.3. The molecule has 0 spiro atoms. The summed E-state index contributed by atoms with van der Waals surface area (Å²) in [5.41, 5.74) is 0. The topological polar surface area (TPSA) is 60.7 Å². The van der Waals surface area contributed by atoms with Crippen LogP contribution in [0, 0.1) is 11.8 Å². The van der Waals surface area contributed by atoms with Crippen molar-refractivity contribution in [1.82, 2.24) is 0 Å². The first-order valence-electron chi connectivity index (χ1n) is 9.51. The maximum Gasteiger partial charge on any atom is 0.151 e. The standard InChI is InChI=1S/C20H36O3/c1-2-3-4-5-6-9-12-17-15-16-19(21)18(17)13-10-7-8-11-14-20(22)23/h7,9-10,12,17-23H,2-6,8,11,13-16H2,1H3/b10-7-,12-9+/t17?,18-,19+/m1/s1. The summed E-state index contributed by atoms with van der Waals surface area (Å²) in [6, 6.07) is 0. The minimum atomic E-state index is -1.19. The molecule has 1 fully saturated rings. The van der Waals surface area contributed by atoms with Gasteiger partial charge in [-0.25, -0.2) is 0 Å². The van der Waals surface area contributed by atoms with Crippen LogP contribution in [0.4, 0.5) is 0 Å². The second-order valence-electron chi connectivity index (χ2n) is 6.87. The van der Waals surface area contributed by atoms with Gasteiger partial charge in [0.2, 0.25) is 0 Å². The van der Waals surface area contributed by atoms with E-state index in [2.05, 4.69) is 31.2 Å². The molecule has 0 aromatic carbocycles. The lowest BCUT2D eigenvalue weighted by atomic mass is 9.90. The highest BCUT2D eigenvalue weighted by molar-refractivity contribution is 5.00. The first-order valence-corrected chi connectivity index (χ1v) is 9.51. The summed E-state index contributed by atoms with van der Waals surface area (Å²) >= 11 is 0. The Morgan fingerprint density at radius 1 is 0.957 bits per heavy atom. The van der Waals surface area contributed by atoms with Gasteiger partial charge in [-0.2, -0.15) is 0 Å². The zero-order valence-electron chi connectivity index (χ0n) is 14.7. The molecule has 3 nitrogen and oxygen atoms in total. The molecule has 0 saturated heterocycles. The molecule has 134 valence electrons. The molecular weight excluding hydrogens is 288 g/mol.